The molecule has 2 atom stereocenters. The van der Waals surface area contributed by atoms with Crippen LogP contribution in [-0.2, 0) is 16.1 Å². The molecule has 21 heavy (non-hydrogen) atoms. The van der Waals surface area contributed by atoms with Crippen LogP contribution in [0, 0.1) is 5.92 Å². The molecule has 0 aliphatic rings. The van der Waals surface area contributed by atoms with Crippen molar-refractivity contribution < 1.29 is 14.7 Å². The molecule has 0 aromatic carbocycles. The highest BCUT2D eigenvalue weighted by Gasteiger charge is 2.11. The number of carbonyl (C=O) groups excluding carboxylic acids is 1. The third-order valence-electron chi connectivity index (χ3n) is 3.16. The number of thiazole rings is 1. The summed E-state index contributed by atoms with van der Waals surface area (Å²) in [5, 5.41) is 17.3. The highest BCUT2D eigenvalue weighted by atomic mass is 32.1. The van der Waals surface area contributed by atoms with Crippen LogP contribution in [0.4, 0.5) is 5.13 Å². The number of aliphatic carboxylic acids is 1. The second kappa shape index (κ2) is 8.74. The van der Waals surface area contributed by atoms with Crippen LogP contribution >= 0.6 is 11.3 Å². The van der Waals surface area contributed by atoms with Gasteiger partial charge in [-0.15, -0.1) is 11.3 Å². The van der Waals surface area contributed by atoms with Crippen molar-refractivity contribution >= 4 is 28.3 Å². The van der Waals surface area contributed by atoms with Crippen molar-refractivity contribution in [3.8, 4) is 0 Å². The van der Waals surface area contributed by atoms with E-state index in [4.69, 9.17) is 5.11 Å². The van der Waals surface area contributed by atoms with Gasteiger partial charge in [0.05, 0.1) is 11.6 Å². The number of carbonyl (C=O) groups is 2. The van der Waals surface area contributed by atoms with Crippen molar-refractivity contribution in [1.82, 2.24) is 10.3 Å². The highest BCUT2D eigenvalue weighted by molar-refractivity contribution is 7.13. The third kappa shape index (κ3) is 7.19. The first-order valence-electron chi connectivity index (χ1n) is 7.06. The lowest BCUT2D eigenvalue weighted by atomic mass is 10.0. The lowest BCUT2D eigenvalue weighted by Gasteiger charge is -2.13. The van der Waals surface area contributed by atoms with E-state index in [1.807, 2.05) is 5.38 Å². The smallest absolute Gasteiger partial charge is 0.306 e. The highest BCUT2D eigenvalue weighted by Crippen LogP contribution is 2.15. The Morgan fingerprint density at radius 3 is 2.71 bits per heavy atom. The van der Waals surface area contributed by atoms with Crippen molar-refractivity contribution in [2.24, 2.45) is 5.92 Å². The number of nitrogens with one attached hydrogen (secondary N) is 2. The number of carboxylic acid groups (broad SMARTS) is 1. The van der Waals surface area contributed by atoms with E-state index in [2.05, 4.69) is 22.5 Å². The Kier molecular flexibility index (Phi) is 7.31. The lowest BCUT2D eigenvalue weighted by Crippen LogP contribution is -2.25. The molecule has 0 spiro atoms. The Hall–Kier alpha value is -1.47. The number of amides is 1. The minimum absolute atomic E-state index is 0.121. The fraction of sp³-hybridized carbons (Fsp3) is 0.643. The SMILES string of the molecule is CC(=O)Nc1nc(CNC(C)CCCC(C)C(=O)O)cs1. The summed E-state index contributed by atoms with van der Waals surface area (Å²) in [6.45, 7) is 5.91. The zero-order valence-electron chi connectivity index (χ0n) is 12.7. The monoisotopic (exact) mass is 313 g/mol. The van der Waals surface area contributed by atoms with Crippen LogP contribution in [-0.4, -0.2) is 28.0 Å². The van der Waals surface area contributed by atoms with E-state index in [0.29, 0.717) is 24.1 Å². The van der Waals surface area contributed by atoms with E-state index in [-0.39, 0.29) is 11.8 Å². The Morgan fingerprint density at radius 1 is 1.38 bits per heavy atom. The number of aromatic nitrogens is 1. The molecule has 1 aromatic rings. The average Bonchev–Trinajstić information content (AvgIpc) is 2.82. The summed E-state index contributed by atoms with van der Waals surface area (Å²) >= 11 is 1.41. The number of hydrogen-bond acceptors (Lipinski definition) is 5. The second-order valence-corrected chi connectivity index (χ2v) is 6.14. The summed E-state index contributed by atoms with van der Waals surface area (Å²) in [5.74, 6) is -1.13. The molecule has 0 fully saturated rings. The molecule has 0 saturated carbocycles. The van der Waals surface area contributed by atoms with Crippen molar-refractivity contribution in [3.05, 3.63) is 11.1 Å². The van der Waals surface area contributed by atoms with Crippen LogP contribution in [0.2, 0.25) is 0 Å². The Bertz CT molecular complexity index is 476. The number of carboxylic acids is 1. The average molecular weight is 313 g/mol. The number of hydrogen-bond donors (Lipinski definition) is 3. The Morgan fingerprint density at radius 2 is 2.10 bits per heavy atom. The van der Waals surface area contributed by atoms with E-state index in [0.717, 1.165) is 18.5 Å². The molecule has 1 rings (SSSR count). The summed E-state index contributed by atoms with van der Waals surface area (Å²) in [6, 6.07) is 0.303. The molecular weight excluding hydrogens is 290 g/mol. The first-order chi connectivity index (χ1) is 9.88. The molecule has 1 aromatic heterocycles. The molecule has 7 heteroatoms. The van der Waals surface area contributed by atoms with Gasteiger partial charge in [-0.05, 0) is 19.8 Å². The summed E-state index contributed by atoms with van der Waals surface area (Å²) in [5.41, 5.74) is 0.898. The third-order valence-corrected chi connectivity index (χ3v) is 3.97. The van der Waals surface area contributed by atoms with Gasteiger partial charge in [0.25, 0.3) is 0 Å². The lowest BCUT2D eigenvalue weighted by molar-refractivity contribution is -0.141. The number of nitrogens with zero attached hydrogens (tertiary/aromatic N) is 1. The maximum atomic E-state index is 10.9. The predicted octanol–water partition coefficient (Wildman–Crippen LogP) is 2.47. The maximum absolute atomic E-state index is 10.9. The van der Waals surface area contributed by atoms with Crippen LogP contribution in [0.3, 0.4) is 0 Å². The number of rotatable bonds is 9. The molecule has 3 N–H and O–H groups in total. The molecule has 118 valence electrons. The van der Waals surface area contributed by atoms with Gasteiger partial charge in [0.2, 0.25) is 5.91 Å². The zero-order chi connectivity index (χ0) is 15.8. The van der Waals surface area contributed by atoms with E-state index in [1.165, 1.54) is 18.3 Å². The molecular formula is C14H23N3O3S. The van der Waals surface area contributed by atoms with E-state index >= 15 is 0 Å². The second-order valence-electron chi connectivity index (χ2n) is 5.28. The van der Waals surface area contributed by atoms with Gasteiger partial charge in [0.15, 0.2) is 5.13 Å². The fourth-order valence-corrected chi connectivity index (χ4v) is 2.59. The Balaban J connectivity index is 2.23. The quantitative estimate of drug-likeness (QED) is 0.651. The normalized spacial score (nSPS) is 13.7. The maximum Gasteiger partial charge on any atom is 0.306 e. The van der Waals surface area contributed by atoms with Gasteiger partial charge >= 0.3 is 5.97 Å². The van der Waals surface area contributed by atoms with Crippen LogP contribution in [0.5, 0.6) is 0 Å². The van der Waals surface area contributed by atoms with Crippen LogP contribution in [0.1, 0.15) is 45.7 Å². The largest absolute Gasteiger partial charge is 0.481 e. The number of anilines is 1. The molecule has 2 unspecified atom stereocenters. The van der Waals surface area contributed by atoms with E-state index < -0.39 is 5.97 Å². The summed E-state index contributed by atoms with van der Waals surface area (Å²) in [6.07, 6.45) is 2.51. The summed E-state index contributed by atoms with van der Waals surface area (Å²) < 4.78 is 0. The molecule has 0 saturated heterocycles. The minimum atomic E-state index is -0.733. The molecule has 0 radical (unpaired) electrons. The summed E-state index contributed by atoms with van der Waals surface area (Å²) in [7, 11) is 0. The standard InChI is InChI=1S/C14H23N3O3S/c1-9(13(19)20)5-4-6-10(2)15-7-12-8-21-14(17-12)16-11(3)18/h8-10,15H,4-7H2,1-3H3,(H,19,20)(H,16,17,18). The topological polar surface area (TPSA) is 91.3 Å². The Labute approximate surface area is 129 Å². The van der Waals surface area contributed by atoms with Gasteiger partial charge < -0.3 is 15.7 Å². The molecule has 1 amide bonds. The van der Waals surface area contributed by atoms with E-state index in [9.17, 15) is 9.59 Å². The van der Waals surface area contributed by atoms with Gasteiger partial charge in [-0.1, -0.05) is 13.3 Å². The van der Waals surface area contributed by atoms with Crippen molar-refractivity contribution in [2.75, 3.05) is 5.32 Å². The van der Waals surface area contributed by atoms with Gasteiger partial charge in [0.1, 0.15) is 0 Å². The molecule has 0 aliphatic heterocycles. The van der Waals surface area contributed by atoms with Crippen molar-refractivity contribution in [3.63, 3.8) is 0 Å². The van der Waals surface area contributed by atoms with Gasteiger partial charge in [-0.25, -0.2) is 4.98 Å². The molecule has 0 aliphatic carbocycles. The zero-order valence-corrected chi connectivity index (χ0v) is 13.5. The van der Waals surface area contributed by atoms with Crippen molar-refractivity contribution in [2.45, 2.75) is 52.6 Å². The molecule has 6 nitrogen and oxygen atoms in total. The van der Waals surface area contributed by atoms with Crippen LogP contribution in [0.25, 0.3) is 0 Å². The van der Waals surface area contributed by atoms with Gasteiger partial charge in [0, 0.05) is 24.9 Å². The van der Waals surface area contributed by atoms with E-state index in [1.54, 1.807) is 6.92 Å². The molecule has 0 bridgehead atoms. The summed E-state index contributed by atoms with van der Waals surface area (Å²) in [4.78, 5) is 25.9. The fourth-order valence-electron chi connectivity index (χ4n) is 1.83. The van der Waals surface area contributed by atoms with Crippen molar-refractivity contribution in [1.29, 1.82) is 0 Å². The van der Waals surface area contributed by atoms with Gasteiger partial charge in [-0.3, -0.25) is 9.59 Å². The van der Waals surface area contributed by atoms with Gasteiger partial charge in [-0.2, -0.15) is 0 Å². The predicted molar refractivity (Wildman–Crippen MR) is 83.4 cm³/mol. The minimum Gasteiger partial charge on any atom is -0.481 e. The van der Waals surface area contributed by atoms with Crippen LogP contribution in [0.15, 0.2) is 5.38 Å². The van der Waals surface area contributed by atoms with Crippen LogP contribution < -0.4 is 10.6 Å². The molecule has 1 heterocycles. The first kappa shape index (κ1) is 17.6. The first-order valence-corrected chi connectivity index (χ1v) is 7.94.